The van der Waals surface area contributed by atoms with Crippen LogP contribution in [0.4, 0.5) is 17.2 Å². The molecule has 248 valence electrons. The molecule has 0 atom stereocenters. The first-order valence-corrected chi connectivity index (χ1v) is 18.1. The van der Waals surface area contributed by atoms with Crippen LogP contribution in [-0.4, -0.2) is 4.98 Å². The number of pyridine rings is 1. The van der Waals surface area contributed by atoms with Crippen molar-refractivity contribution in [1.82, 2.24) is 4.98 Å². The number of hydrogen-bond donors (Lipinski definition) is 0. The van der Waals surface area contributed by atoms with Crippen LogP contribution in [0.15, 0.2) is 206 Å². The second-order valence-electron chi connectivity index (χ2n) is 13.5. The van der Waals surface area contributed by atoms with E-state index in [-0.39, 0.29) is 0 Å². The lowest BCUT2D eigenvalue weighted by atomic mass is 9.81. The maximum Gasteiger partial charge on any atom is 0.145 e. The summed E-state index contributed by atoms with van der Waals surface area (Å²) in [5.41, 5.74) is 9.40. The number of rotatable bonds is 6. The third-order valence-corrected chi connectivity index (χ3v) is 10.5. The van der Waals surface area contributed by atoms with Gasteiger partial charge in [0.05, 0.1) is 0 Å². The SMILES string of the molecule is c1ccc(-c2cc(-c3ccccc3)c3c4ccccc4c4cc(N(c5ccccc5)c5nccc6ccccc56)ccc4c3c2-c2ccccc2)cc1. The maximum absolute atomic E-state index is 5.02. The third-order valence-electron chi connectivity index (χ3n) is 10.5. The molecule has 0 unspecified atom stereocenters. The predicted octanol–water partition coefficient (Wildman–Crippen LogP) is 14.2. The van der Waals surface area contributed by atoms with Gasteiger partial charge in [0.15, 0.2) is 0 Å². The summed E-state index contributed by atoms with van der Waals surface area (Å²) in [5.74, 6) is 0.904. The van der Waals surface area contributed by atoms with Crippen molar-refractivity contribution in [3.63, 3.8) is 0 Å². The summed E-state index contributed by atoms with van der Waals surface area (Å²) in [6.45, 7) is 0. The molecule has 2 heteroatoms. The molecule has 0 bridgehead atoms. The van der Waals surface area contributed by atoms with Crippen molar-refractivity contribution in [3.05, 3.63) is 206 Å². The first kappa shape index (κ1) is 30.8. The van der Waals surface area contributed by atoms with Gasteiger partial charge in [-0.05, 0) is 107 Å². The van der Waals surface area contributed by atoms with Gasteiger partial charge in [-0.3, -0.25) is 4.90 Å². The lowest BCUT2D eigenvalue weighted by Gasteiger charge is -2.27. The highest BCUT2D eigenvalue weighted by Gasteiger charge is 2.23. The molecule has 0 amide bonds. The van der Waals surface area contributed by atoms with Gasteiger partial charge in [0.1, 0.15) is 5.82 Å². The van der Waals surface area contributed by atoms with Gasteiger partial charge in [-0.1, -0.05) is 164 Å². The minimum Gasteiger partial charge on any atom is -0.295 e. The molecule has 2 nitrogen and oxygen atoms in total. The van der Waals surface area contributed by atoms with E-state index < -0.39 is 0 Å². The molecular weight excluding hydrogens is 641 g/mol. The summed E-state index contributed by atoms with van der Waals surface area (Å²) < 4.78 is 0. The topological polar surface area (TPSA) is 16.1 Å². The molecule has 0 aliphatic heterocycles. The average molecular weight is 675 g/mol. The first-order valence-electron chi connectivity index (χ1n) is 18.1. The Bertz CT molecular complexity index is 2920. The number of hydrogen-bond acceptors (Lipinski definition) is 2. The molecule has 0 saturated carbocycles. The molecule has 0 saturated heterocycles. The predicted molar refractivity (Wildman–Crippen MR) is 225 cm³/mol. The first-order chi connectivity index (χ1) is 26.3. The van der Waals surface area contributed by atoms with Crippen LogP contribution >= 0.6 is 0 Å². The average Bonchev–Trinajstić information content (AvgIpc) is 3.24. The molecule has 0 spiro atoms. The number of benzene rings is 9. The van der Waals surface area contributed by atoms with Crippen molar-refractivity contribution in [2.75, 3.05) is 4.90 Å². The van der Waals surface area contributed by atoms with E-state index in [0.29, 0.717) is 0 Å². The Kier molecular flexibility index (Phi) is 7.51. The monoisotopic (exact) mass is 674 g/mol. The van der Waals surface area contributed by atoms with E-state index in [0.717, 1.165) is 28.0 Å². The summed E-state index contributed by atoms with van der Waals surface area (Å²) >= 11 is 0. The Hall–Kier alpha value is -7.03. The summed E-state index contributed by atoms with van der Waals surface area (Å²) in [6, 6.07) is 72.1. The lowest BCUT2D eigenvalue weighted by molar-refractivity contribution is 1.20. The van der Waals surface area contributed by atoms with E-state index in [1.54, 1.807) is 0 Å². The van der Waals surface area contributed by atoms with Crippen LogP contribution < -0.4 is 4.90 Å². The number of anilines is 3. The van der Waals surface area contributed by atoms with Gasteiger partial charge in [-0.25, -0.2) is 4.98 Å². The fourth-order valence-electron chi connectivity index (χ4n) is 8.13. The van der Waals surface area contributed by atoms with Crippen molar-refractivity contribution in [2.24, 2.45) is 0 Å². The second kappa shape index (κ2) is 12.9. The Morgan fingerprint density at radius 3 is 1.58 bits per heavy atom. The van der Waals surface area contributed by atoms with Crippen molar-refractivity contribution < 1.29 is 0 Å². The molecule has 10 rings (SSSR count). The van der Waals surface area contributed by atoms with Crippen molar-refractivity contribution in [2.45, 2.75) is 0 Å². The molecular formula is C51H34N2. The summed E-state index contributed by atoms with van der Waals surface area (Å²) in [7, 11) is 0. The third kappa shape index (κ3) is 5.23. The molecule has 0 N–H and O–H groups in total. The van der Waals surface area contributed by atoms with Crippen molar-refractivity contribution in [3.8, 4) is 33.4 Å². The number of para-hydroxylation sites is 1. The van der Waals surface area contributed by atoms with Crippen LogP contribution in [0.2, 0.25) is 0 Å². The number of fused-ring (bicyclic) bond motifs is 7. The molecule has 0 fully saturated rings. The molecule has 0 aliphatic carbocycles. The van der Waals surface area contributed by atoms with Crippen LogP contribution in [0.3, 0.4) is 0 Å². The van der Waals surface area contributed by atoms with Crippen molar-refractivity contribution >= 4 is 60.3 Å². The van der Waals surface area contributed by atoms with E-state index in [1.165, 1.54) is 65.7 Å². The zero-order chi connectivity index (χ0) is 35.1. The van der Waals surface area contributed by atoms with Crippen LogP contribution in [0, 0.1) is 0 Å². The van der Waals surface area contributed by atoms with E-state index in [9.17, 15) is 0 Å². The van der Waals surface area contributed by atoms with Crippen LogP contribution in [0.5, 0.6) is 0 Å². The van der Waals surface area contributed by atoms with E-state index in [1.807, 2.05) is 6.20 Å². The highest BCUT2D eigenvalue weighted by molar-refractivity contribution is 6.33. The van der Waals surface area contributed by atoms with Crippen LogP contribution in [-0.2, 0) is 0 Å². The number of nitrogens with zero attached hydrogens (tertiary/aromatic N) is 2. The minimum absolute atomic E-state index is 0.904. The van der Waals surface area contributed by atoms with E-state index >= 15 is 0 Å². The smallest absolute Gasteiger partial charge is 0.145 e. The summed E-state index contributed by atoms with van der Waals surface area (Å²) in [6.07, 6.45) is 1.92. The fraction of sp³-hybridized carbons (Fsp3) is 0. The van der Waals surface area contributed by atoms with Gasteiger partial charge < -0.3 is 0 Å². The summed E-state index contributed by atoms with van der Waals surface area (Å²) in [5, 5.41) is 9.66. The zero-order valence-corrected chi connectivity index (χ0v) is 29.0. The molecule has 0 radical (unpaired) electrons. The van der Waals surface area contributed by atoms with Gasteiger partial charge in [-0.2, -0.15) is 0 Å². The van der Waals surface area contributed by atoms with Gasteiger partial charge in [-0.15, -0.1) is 0 Å². The minimum atomic E-state index is 0.904. The highest BCUT2D eigenvalue weighted by atomic mass is 15.2. The van der Waals surface area contributed by atoms with Gasteiger partial charge in [0, 0.05) is 23.0 Å². The number of aromatic nitrogens is 1. The molecule has 9 aromatic carbocycles. The zero-order valence-electron chi connectivity index (χ0n) is 29.0. The van der Waals surface area contributed by atoms with E-state index in [2.05, 4.69) is 205 Å². The Morgan fingerprint density at radius 1 is 0.340 bits per heavy atom. The van der Waals surface area contributed by atoms with Crippen molar-refractivity contribution in [1.29, 1.82) is 0 Å². The molecule has 10 aromatic rings. The lowest BCUT2D eigenvalue weighted by Crippen LogP contribution is -2.12. The standard InChI is InChI=1S/C51H34N2/c1-5-17-35(18-6-1)45-34-46(36-19-7-2-8-20-36)49-43-28-16-15-27-42(43)47-33-40(29-30-44(47)50(49)48(45)38-22-9-3-10-23-38)53(39-24-11-4-12-25-39)51-41-26-14-13-21-37(41)31-32-52-51/h1-34H. The maximum atomic E-state index is 5.02. The van der Waals surface area contributed by atoms with Crippen LogP contribution in [0.1, 0.15) is 0 Å². The largest absolute Gasteiger partial charge is 0.295 e. The van der Waals surface area contributed by atoms with Gasteiger partial charge in [0.2, 0.25) is 0 Å². The molecule has 53 heavy (non-hydrogen) atoms. The molecule has 1 heterocycles. The van der Waals surface area contributed by atoms with Crippen LogP contribution in [0.25, 0.3) is 76.5 Å². The quantitative estimate of drug-likeness (QED) is 0.163. The van der Waals surface area contributed by atoms with E-state index in [4.69, 9.17) is 4.98 Å². The fourth-order valence-corrected chi connectivity index (χ4v) is 8.13. The summed E-state index contributed by atoms with van der Waals surface area (Å²) in [4.78, 5) is 7.32. The Labute approximate surface area is 308 Å². The Morgan fingerprint density at radius 2 is 0.887 bits per heavy atom. The van der Waals surface area contributed by atoms with Gasteiger partial charge >= 0.3 is 0 Å². The molecule has 1 aromatic heterocycles. The highest BCUT2D eigenvalue weighted by Crippen LogP contribution is 2.50. The molecule has 0 aliphatic rings. The Balaban J connectivity index is 1.37. The van der Waals surface area contributed by atoms with Gasteiger partial charge in [0.25, 0.3) is 0 Å². The second-order valence-corrected chi connectivity index (χ2v) is 13.5. The normalized spacial score (nSPS) is 11.4.